The summed E-state index contributed by atoms with van der Waals surface area (Å²) in [5.74, 6) is 1.39. The van der Waals surface area contributed by atoms with Crippen molar-refractivity contribution < 1.29 is 4.74 Å². The smallest absolute Gasteiger partial charge is 0.0986 e. The molecule has 0 aliphatic carbocycles. The lowest BCUT2D eigenvalue weighted by molar-refractivity contribution is 0.0778. The standard InChI is InChI=1S/C13H19NO/c1-11-8-14(10-15-2)9-13(11)12-6-4-3-5-7-12/h3-7,11,13H,8-10H2,1-2H3/t11-,13-/m0/s1. The lowest BCUT2D eigenvalue weighted by atomic mass is 9.90. The van der Waals surface area contributed by atoms with Crippen molar-refractivity contribution >= 4 is 0 Å². The molecule has 2 heteroatoms. The fraction of sp³-hybridized carbons (Fsp3) is 0.538. The van der Waals surface area contributed by atoms with Crippen molar-refractivity contribution in [1.82, 2.24) is 4.90 Å². The molecule has 0 N–H and O–H groups in total. The van der Waals surface area contributed by atoms with Gasteiger partial charge >= 0.3 is 0 Å². The van der Waals surface area contributed by atoms with Gasteiger partial charge in [-0.1, -0.05) is 37.3 Å². The molecule has 0 aromatic heterocycles. The maximum Gasteiger partial charge on any atom is 0.0986 e. The van der Waals surface area contributed by atoms with E-state index in [9.17, 15) is 0 Å². The Morgan fingerprint density at radius 1 is 1.27 bits per heavy atom. The van der Waals surface area contributed by atoms with Crippen molar-refractivity contribution in [1.29, 1.82) is 0 Å². The number of rotatable bonds is 3. The third-order valence-electron chi connectivity index (χ3n) is 3.23. The summed E-state index contributed by atoms with van der Waals surface area (Å²) in [5, 5.41) is 0. The van der Waals surface area contributed by atoms with Gasteiger partial charge in [0.05, 0.1) is 6.73 Å². The molecule has 1 aliphatic rings. The van der Waals surface area contributed by atoms with Gasteiger partial charge in [-0.3, -0.25) is 4.90 Å². The average molecular weight is 205 g/mol. The molecule has 15 heavy (non-hydrogen) atoms. The molecule has 1 aromatic rings. The zero-order chi connectivity index (χ0) is 10.7. The first kappa shape index (κ1) is 10.7. The Hall–Kier alpha value is -0.860. The van der Waals surface area contributed by atoms with Crippen molar-refractivity contribution in [2.75, 3.05) is 26.9 Å². The predicted molar refractivity (Wildman–Crippen MR) is 61.8 cm³/mol. The molecular formula is C13H19NO. The van der Waals surface area contributed by atoms with E-state index in [0.717, 1.165) is 25.7 Å². The minimum absolute atomic E-state index is 0.668. The number of ether oxygens (including phenoxy) is 1. The van der Waals surface area contributed by atoms with Crippen LogP contribution in [0, 0.1) is 5.92 Å². The Morgan fingerprint density at radius 2 is 2.00 bits per heavy atom. The summed E-state index contributed by atoms with van der Waals surface area (Å²) in [4.78, 5) is 2.38. The topological polar surface area (TPSA) is 12.5 Å². The van der Waals surface area contributed by atoms with Crippen molar-refractivity contribution in [3.63, 3.8) is 0 Å². The molecule has 0 bridgehead atoms. The molecule has 1 heterocycles. The van der Waals surface area contributed by atoms with Gasteiger partial charge in [0.2, 0.25) is 0 Å². The molecule has 2 atom stereocenters. The van der Waals surface area contributed by atoms with Crippen LogP contribution < -0.4 is 0 Å². The number of methoxy groups -OCH3 is 1. The lowest BCUT2D eigenvalue weighted by Gasteiger charge is -2.15. The van der Waals surface area contributed by atoms with E-state index >= 15 is 0 Å². The summed E-state index contributed by atoms with van der Waals surface area (Å²) in [6, 6.07) is 10.8. The van der Waals surface area contributed by atoms with Crippen LogP contribution in [-0.2, 0) is 4.74 Å². The maximum atomic E-state index is 5.18. The largest absolute Gasteiger partial charge is 0.369 e. The van der Waals surface area contributed by atoms with Gasteiger partial charge in [-0.25, -0.2) is 0 Å². The Morgan fingerprint density at radius 3 is 2.67 bits per heavy atom. The molecule has 2 rings (SSSR count). The number of hydrogen-bond acceptors (Lipinski definition) is 2. The molecule has 2 nitrogen and oxygen atoms in total. The Balaban J connectivity index is 2.05. The zero-order valence-corrected chi connectivity index (χ0v) is 9.52. The highest BCUT2D eigenvalue weighted by atomic mass is 16.5. The first-order valence-electron chi connectivity index (χ1n) is 5.57. The fourth-order valence-corrected chi connectivity index (χ4v) is 2.49. The number of benzene rings is 1. The highest BCUT2D eigenvalue weighted by molar-refractivity contribution is 5.21. The van der Waals surface area contributed by atoms with Crippen molar-refractivity contribution in [2.45, 2.75) is 12.8 Å². The molecule has 0 spiro atoms. The van der Waals surface area contributed by atoms with E-state index in [-0.39, 0.29) is 0 Å². The summed E-state index contributed by atoms with van der Waals surface area (Å²) in [5.41, 5.74) is 1.46. The number of hydrogen-bond donors (Lipinski definition) is 0. The van der Waals surface area contributed by atoms with E-state index in [1.54, 1.807) is 7.11 Å². The summed E-state index contributed by atoms with van der Waals surface area (Å²) in [6.45, 7) is 5.35. The van der Waals surface area contributed by atoms with E-state index in [0.29, 0.717) is 5.92 Å². The SMILES string of the molecule is COCN1C[C@H](c2ccccc2)[C@@H](C)C1. The van der Waals surface area contributed by atoms with E-state index in [4.69, 9.17) is 4.74 Å². The molecule has 1 aromatic carbocycles. The monoisotopic (exact) mass is 205 g/mol. The quantitative estimate of drug-likeness (QED) is 0.751. The first-order chi connectivity index (χ1) is 7.31. The minimum Gasteiger partial charge on any atom is -0.369 e. The van der Waals surface area contributed by atoms with Crippen LogP contribution in [0.4, 0.5) is 0 Å². The Labute approximate surface area is 91.9 Å². The third kappa shape index (κ3) is 2.39. The van der Waals surface area contributed by atoms with Gasteiger partial charge in [-0.05, 0) is 11.5 Å². The zero-order valence-electron chi connectivity index (χ0n) is 9.52. The fourth-order valence-electron chi connectivity index (χ4n) is 2.49. The predicted octanol–water partition coefficient (Wildman–Crippen LogP) is 2.33. The van der Waals surface area contributed by atoms with Crippen LogP contribution in [0.2, 0.25) is 0 Å². The molecule has 1 fully saturated rings. The van der Waals surface area contributed by atoms with Crippen molar-refractivity contribution in [3.8, 4) is 0 Å². The van der Waals surface area contributed by atoms with E-state index in [2.05, 4.69) is 42.2 Å². The van der Waals surface area contributed by atoms with Crippen LogP contribution in [0.3, 0.4) is 0 Å². The molecule has 0 radical (unpaired) electrons. The van der Waals surface area contributed by atoms with Crippen LogP contribution in [0.5, 0.6) is 0 Å². The summed E-state index contributed by atoms with van der Waals surface area (Å²) >= 11 is 0. The summed E-state index contributed by atoms with van der Waals surface area (Å²) in [7, 11) is 1.76. The summed E-state index contributed by atoms with van der Waals surface area (Å²) in [6.07, 6.45) is 0. The van der Waals surface area contributed by atoms with Crippen LogP contribution in [-0.4, -0.2) is 31.8 Å². The molecule has 0 unspecified atom stereocenters. The van der Waals surface area contributed by atoms with Gasteiger partial charge < -0.3 is 4.74 Å². The summed E-state index contributed by atoms with van der Waals surface area (Å²) < 4.78 is 5.18. The number of nitrogens with zero attached hydrogens (tertiary/aromatic N) is 1. The van der Waals surface area contributed by atoms with E-state index < -0.39 is 0 Å². The Kier molecular flexibility index (Phi) is 3.39. The van der Waals surface area contributed by atoms with Crippen LogP contribution >= 0.6 is 0 Å². The molecule has 0 amide bonds. The maximum absolute atomic E-state index is 5.18. The van der Waals surface area contributed by atoms with Gasteiger partial charge in [0, 0.05) is 26.1 Å². The van der Waals surface area contributed by atoms with Crippen LogP contribution in [0.1, 0.15) is 18.4 Å². The Bertz CT molecular complexity index is 299. The van der Waals surface area contributed by atoms with Gasteiger partial charge in [0.25, 0.3) is 0 Å². The minimum atomic E-state index is 0.668. The number of likely N-dealkylation sites (tertiary alicyclic amines) is 1. The molecular weight excluding hydrogens is 186 g/mol. The van der Waals surface area contributed by atoms with Crippen molar-refractivity contribution in [3.05, 3.63) is 35.9 Å². The first-order valence-corrected chi connectivity index (χ1v) is 5.57. The van der Waals surface area contributed by atoms with Crippen molar-refractivity contribution in [2.24, 2.45) is 5.92 Å². The second kappa shape index (κ2) is 4.77. The molecule has 1 saturated heterocycles. The van der Waals surface area contributed by atoms with Gasteiger partial charge in [-0.2, -0.15) is 0 Å². The van der Waals surface area contributed by atoms with E-state index in [1.165, 1.54) is 5.56 Å². The highest BCUT2D eigenvalue weighted by Gasteiger charge is 2.30. The highest BCUT2D eigenvalue weighted by Crippen LogP contribution is 2.31. The van der Waals surface area contributed by atoms with Crippen LogP contribution in [0.15, 0.2) is 30.3 Å². The van der Waals surface area contributed by atoms with Gasteiger partial charge in [0.15, 0.2) is 0 Å². The molecule has 0 saturated carbocycles. The van der Waals surface area contributed by atoms with E-state index in [1.807, 2.05) is 0 Å². The lowest BCUT2D eigenvalue weighted by Crippen LogP contribution is -2.22. The van der Waals surface area contributed by atoms with Crippen LogP contribution in [0.25, 0.3) is 0 Å². The van der Waals surface area contributed by atoms with Gasteiger partial charge in [0.1, 0.15) is 0 Å². The second-order valence-electron chi connectivity index (χ2n) is 4.45. The second-order valence-corrected chi connectivity index (χ2v) is 4.45. The molecule has 1 aliphatic heterocycles. The normalized spacial score (nSPS) is 27.1. The third-order valence-corrected chi connectivity index (χ3v) is 3.23. The van der Waals surface area contributed by atoms with Gasteiger partial charge in [-0.15, -0.1) is 0 Å². The molecule has 82 valence electrons. The average Bonchev–Trinajstić information content (AvgIpc) is 2.61.